The molecule has 0 aliphatic carbocycles. The maximum Gasteiger partial charge on any atom is 0.307 e. The summed E-state index contributed by atoms with van der Waals surface area (Å²) in [6.07, 6.45) is 5.96. The van der Waals surface area contributed by atoms with Gasteiger partial charge in [-0.25, -0.2) is 0 Å². The van der Waals surface area contributed by atoms with Gasteiger partial charge in [-0.15, -0.1) is 0 Å². The molecule has 2 heterocycles. The number of aliphatic carboxylic acids is 1. The molecule has 1 saturated heterocycles. The average molecular weight is 195 g/mol. The molecule has 1 fully saturated rings. The lowest BCUT2D eigenvalue weighted by Crippen LogP contribution is -2.40. The number of carboxylic acid groups (broad SMARTS) is 1. The zero-order valence-corrected chi connectivity index (χ0v) is 7.77. The van der Waals surface area contributed by atoms with Crippen molar-refractivity contribution in [3.63, 3.8) is 0 Å². The lowest BCUT2D eigenvalue weighted by atomic mass is 9.84. The van der Waals surface area contributed by atoms with Crippen molar-refractivity contribution >= 4 is 5.97 Å². The van der Waals surface area contributed by atoms with Crippen LogP contribution in [0.4, 0.5) is 0 Å². The molecule has 0 radical (unpaired) electrons. The highest BCUT2D eigenvalue weighted by molar-refractivity contribution is 5.71. The van der Waals surface area contributed by atoms with Gasteiger partial charge < -0.3 is 15.2 Å². The molecule has 2 atom stereocenters. The Morgan fingerprint density at radius 2 is 2.50 bits per heavy atom. The average Bonchev–Trinajstić information content (AvgIpc) is 2.41. The number of nitrogens with one attached hydrogen (secondary N) is 1. The number of carboxylic acids is 1. The first-order valence-corrected chi connectivity index (χ1v) is 4.74. The second kappa shape index (κ2) is 3.74. The molecule has 2 unspecified atom stereocenters. The van der Waals surface area contributed by atoms with Crippen LogP contribution in [-0.2, 0) is 9.53 Å². The molecule has 0 amide bonds. The summed E-state index contributed by atoms with van der Waals surface area (Å²) in [6, 6.07) is 0. The highest BCUT2D eigenvalue weighted by atomic mass is 16.5. The van der Waals surface area contributed by atoms with Crippen LogP contribution in [0.1, 0.15) is 6.42 Å². The second-order valence-electron chi connectivity index (χ2n) is 3.55. The molecule has 2 aliphatic rings. The van der Waals surface area contributed by atoms with Crippen molar-refractivity contribution < 1.29 is 14.6 Å². The highest BCUT2D eigenvalue weighted by Gasteiger charge is 2.34. The van der Waals surface area contributed by atoms with Gasteiger partial charge in [-0.2, -0.15) is 0 Å². The minimum Gasteiger partial charge on any atom is -0.500 e. The standard InChI is InChI=1S/C10H13NO3/c12-10(13)7-3-4-11-9-2-1-5-14-6-8(7)9/h1-2,5,7-8,11H,3-4,6H2,(H,12,13). The Morgan fingerprint density at radius 3 is 3.29 bits per heavy atom. The van der Waals surface area contributed by atoms with E-state index in [0.29, 0.717) is 13.0 Å². The number of ether oxygens (including phenoxy) is 1. The minimum absolute atomic E-state index is 0.0313. The van der Waals surface area contributed by atoms with Gasteiger partial charge in [0.15, 0.2) is 0 Å². The maximum absolute atomic E-state index is 11.0. The zero-order valence-electron chi connectivity index (χ0n) is 7.77. The lowest BCUT2D eigenvalue weighted by molar-refractivity contribution is -0.144. The molecule has 2 rings (SSSR count). The van der Waals surface area contributed by atoms with Crippen molar-refractivity contribution in [3.05, 3.63) is 24.1 Å². The number of hydrogen-bond donors (Lipinski definition) is 2. The highest BCUT2D eigenvalue weighted by Crippen LogP contribution is 2.28. The molecule has 0 aromatic carbocycles. The molecule has 4 nitrogen and oxygen atoms in total. The van der Waals surface area contributed by atoms with E-state index in [2.05, 4.69) is 5.32 Å². The summed E-state index contributed by atoms with van der Waals surface area (Å²) in [5.74, 6) is -1.08. The van der Waals surface area contributed by atoms with Crippen molar-refractivity contribution in [1.82, 2.24) is 5.32 Å². The monoisotopic (exact) mass is 195 g/mol. The van der Waals surface area contributed by atoms with Crippen LogP contribution in [0.2, 0.25) is 0 Å². The molecule has 0 saturated carbocycles. The van der Waals surface area contributed by atoms with Gasteiger partial charge in [0.05, 0.1) is 18.8 Å². The number of carbonyl (C=O) groups is 1. The summed E-state index contributed by atoms with van der Waals surface area (Å²) in [5.41, 5.74) is 0.984. The van der Waals surface area contributed by atoms with E-state index in [0.717, 1.165) is 12.2 Å². The summed E-state index contributed by atoms with van der Waals surface area (Å²) >= 11 is 0. The summed E-state index contributed by atoms with van der Waals surface area (Å²) < 4.78 is 5.21. The SMILES string of the molecule is O=C(O)C1CCNC2=CC=COCC21. The number of rotatable bonds is 1. The van der Waals surface area contributed by atoms with E-state index in [-0.39, 0.29) is 11.8 Å². The van der Waals surface area contributed by atoms with Gasteiger partial charge in [0.1, 0.15) is 0 Å². The minimum atomic E-state index is -0.729. The van der Waals surface area contributed by atoms with Gasteiger partial charge in [-0.05, 0) is 18.6 Å². The molecule has 0 aromatic heterocycles. The van der Waals surface area contributed by atoms with Gasteiger partial charge in [-0.1, -0.05) is 0 Å². The van der Waals surface area contributed by atoms with Crippen LogP contribution in [0.25, 0.3) is 0 Å². The first-order valence-electron chi connectivity index (χ1n) is 4.74. The van der Waals surface area contributed by atoms with Crippen molar-refractivity contribution in [1.29, 1.82) is 0 Å². The molecule has 14 heavy (non-hydrogen) atoms. The van der Waals surface area contributed by atoms with Crippen LogP contribution >= 0.6 is 0 Å². The van der Waals surface area contributed by atoms with Gasteiger partial charge in [-0.3, -0.25) is 4.79 Å². The Labute approximate surface area is 82.3 Å². The van der Waals surface area contributed by atoms with E-state index in [1.54, 1.807) is 12.3 Å². The number of fused-ring (bicyclic) bond motifs is 1. The number of piperidine rings is 1. The third kappa shape index (κ3) is 1.60. The van der Waals surface area contributed by atoms with Crippen molar-refractivity contribution in [2.75, 3.05) is 13.2 Å². The Morgan fingerprint density at radius 1 is 1.64 bits per heavy atom. The second-order valence-corrected chi connectivity index (χ2v) is 3.55. The number of allylic oxidation sites excluding steroid dienone is 2. The fourth-order valence-corrected chi connectivity index (χ4v) is 1.96. The van der Waals surface area contributed by atoms with E-state index in [1.807, 2.05) is 6.08 Å². The topological polar surface area (TPSA) is 58.6 Å². The van der Waals surface area contributed by atoms with Crippen LogP contribution in [-0.4, -0.2) is 24.2 Å². The molecule has 2 aliphatic heterocycles. The van der Waals surface area contributed by atoms with Gasteiger partial charge >= 0.3 is 5.97 Å². The van der Waals surface area contributed by atoms with Gasteiger partial charge in [0.2, 0.25) is 0 Å². The quantitative estimate of drug-likeness (QED) is 0.647. The van der Waals surface area contributed by atoms with Crippen molar-refractivity contribution in [2.45, 2.75) is 6.42 Å². The molecule has 2 N–H and O–H groups in total. The van der Waals surface area contributed by atoms with Crippen LogP contribution in [0, 0.1) is 11.8 Å². The number of hydrogen-bond acceptors (Lipinski definition) is 3. The van der Waals surface area contributed by atoms with Crippen LogP contribution in [0.3, 0.4) is 0 Å². The van der Waals surface area contributed by atoms with Crippen molar-refractivity contribution in [3.8, 4) is 0 Å². The van der Waals surface area contributed by atoms with Gasteiger partial charge in [0.25, 0.3) is 0 Å². The molecule has 0 bridgehead atoms. The molecule has 4 heteroatoms. The van der Waals surface area contributed by atoms with E-state index in [9.17, 15) is 4.79 Å². The van der Waals surface area contributed by atoms with Crippen LogP contribution < -0.4 is 5.32 Å². The zero-order chi connectivity index (χ0) is 9.97. The smallest absolute Gasteiger partial charge is 0.307 e. The fraction of sp³-hybridized carbons (Fsp3) is 0.500. The van der Waals surface area contributed by atoms with Crippen LogP contribution in [0.5, 0.6) is 0 Å². The normalized spacial score (nSPS) is 30.4. The van der Waals surface area contributed by atoms with E-state index in [1.165, 1.54) is 0 Å². The Bertz CT molecular complexity index is 296. The van der Waals surface area contributed by atoms with Gasteiger partial charge in [0, 0.05) is 18.2 Å². The summed E-state index contributed by atoms with van der Waals surface area (Å²) in [6.45, 7) is 1.18. The molecular formula is C10H13NO3. The van der Waals surface area contributed by atoms with E-state index in [4.69, 9.17) is 9.84 Å². The van der Waals surface area contributed by atoms with E-state index >= 15 is 0 Å². The fourth-order valence-electron chi connectivity index (χ4n) is 1.96. The summed E-state index contributed by atoms with van der Waals surface area (Å²) in [5, 5.41) is 12.3. The Hall–Kier alpha value is -1.45. The maximum atomic E-state index is 11.0. The summed E-state index contributed by atoms with van der Waals surface area (Å²) in [7, 11) is 0. The first kappa shape index (κ1) is 9.12. The third-order valence-electron chi connectivity index (χ3n) is 2.71. The third-order valence-corrected chi connectivity index (χ3v) is 2.71. The molecular weight excluding hydrogens is 182 g/mol. The molecule has 76 valence electrons. The summed E-state index contributed by atoms with van der Waals surface area (Å²) in [4.78, 5) is 11.0. The van der Waals surface area contributed by atoms with Crippen molar-refractivity contribution in [2.24, 2.45) is 11.8 Å². The largest absolute Gasteiger partial charge is 0.500 e. The van der Waals surface area contributed by atoms with Crippen LogP contribution in [0.15, 0.2) is 24.1 Å². The molecule has 0 spiro atoms. The Balaban J connectivity index is 2.20. The predicted molar refractivity (Wildman–Crippen MR) is 50.4 cm³/mol. The van der Waals surface area contributed by atoms with E-state index < -0.39 is 5.97 Å². The molecule has 0 aromatic rings. The predicted octanol–water partition coefficient (Wildman–Crippen LogP) is 0.725. The first-order chi connectivity index (χ1) is 6.79. The Kier molecular flexibility index (Phi) is 2.43. The lowest BCUT2D eigenvalue weighted by Gasteiger charge is -2.30.